The van der Waals surface area contributed by atoms with Crippen LogP contribution in [0.15, 0.2) is 18.2 Å². The first-order chi connectivity index (χ1) is 11.1. The first kappa shape index (κ1) is 15.3. The van der Waals surface area contributed by atoms with Crippen LogP contribution in [-0.4, -0.2) is 20.3 Å². The molecule has 1 unspecified atom stereocenters. The zero-order valence-corrected chi connectivity index (χ0v) is 14.4. The predicted molar refractivity (Wildman–Crippen MR) is 91.8 cm³/mol. The number of hydrogen-bond donors (Lipinski definition) is 1. The summed E-state index contributed by atoms with van der Waals surface area (Å²) in [4.78, 5) is 0. The second-order valence-electron chi connectivity index (χ2n) is 8.28. The van der Waals surface area contributed by atoms with Gasteiger partial charge >= 0.3 is 0 Å². The molecule has 3 nitrogen and oxygen atoms in total. The van der Waals surface area contributed by atoms with Crippen LogP contribution in [0, 0.1) is 23.2 Å². The third kappa shape index (κ3) is 2.63. The number of nitrogens with two attached hydrogens (primary N) is 1. The Labute approximate surface area is 139 Å². The molecule has 1 aromatic rings. The van der Waals surface area contributed by atoms with Crippen LogP contribution in [0.4, 0.5) is 0 Å². The topological polar surface area (TPSA) is 44.5 Å². The van der Waals surface area contributed by atoms with Gasteiger partial charge in [-0.3, -0.25) is 0 Å². The first-order valence-corrected chi connectivity index (χ1v) is 9.08. The Morgan fingerprint density at radius 3 is 2.09 bits per heavy atom. The number of rotatable bonds is 5. The number of ether oxygens (including phenoxy) is 2. The maximum Gasteiger partial charge on any atom is 0.160 e. The molecule has 0 radical (unpaired) electrons. The molecule has 0 spiro atoms. The highest BCUT2D eigenvalue weighted by Crippen LogP contribution is 2.61. The van der Waals surface area contributed by atoms with Crippen molar-refractivity contribution in [2.75, 3.05) is 14.2 Å². The van der Waals surface area contributed by atoms with Crippen LogP contribution in [0.25, 0.3) is 0 Å². The lowest BCUT2D eigenvalue weighted by Crippen LogP contribution is -2.55. The Morgan fingerprint density at radius 2 is 1.57 bits per heavy atom. The van der Waals surface area contributed by atoms with Crippen molar-refractivity contribution in [3.05, 3.63) is 23.8 Å². The van der Waals surface area contributed by atoms with Gasteiger partial charge in [0.2, 0.25) is 0 Å². The van der Waals surface area contributed by atoms with Crippen molar-refractivity contribution in [3.63, 3.8) is 0 Å². The molecular formula is C20H29NO2. The highest BCUT2D eigenvalue weighted by molar-refractivity contribution is 5.43. The summed E-state index contributed by atoms with van der Waals surface area (Å²) in [5.74, 6) is 4.47. The minimum Gasteiger partial charge on any atom is -0.493 e. The van der Waals surface area contributed by atoms with Crippen LogP contribution in [0.5, 0.6) is 11.5 Å². The van der Waals surface area contributed by atoms with Gasteiger partial charge in [0.05, 0.1) is 14.2 Å². The Morgan fingerprint density at radius 1 is 1.00 bits per heavy atom. The summed E-state index contributed by atoms with van der Waals surface area (Å²) in [7, 11) is 3.37. The van der Waals surface area contributed by atoms with Crippen molar-refractivity contribution in [3.8, 4) is 11.5 Å². The standard InChI is InChI=1S/C20H29NO2/c1-22-17-4-3-13(8-18(17)23-2)9-19(21)20-10-14-5-15(11-20)7-16(6-14)12-20/h3-4,8,14-16,19H,5-7,9-12,21H2,1-2H3. The van der Waals surface area contributed by atoms with Crippen LogP contribution in [0.3, 0.4) is 0 Å². The van der Waals surface area contributed by atoms with E-state index < -0.39 is 0 Å². The fraction of sp³-hybridized carbons (Fsp3) is 0.700. The van der Waals surface area contributed by atoms with Crippen molar-refractivity contribution in [2.24, 2.45) is 28.9 Å². The summed E-state index contributed by atoms with van der Waals surface area (Å²) in [5.41, 5.74) is 8.47. The third-order valence-corrected chi connectivity index (χ3v) is 6.78. The number of hydrogen-bond acceptors (Lipinski definition) is 3. The molecule has 126 valence electrons. The van der Waals surface area contributed by atoms with Gasteiger partial charge in [0.1, 0.15) is 0 Å². The minimum atomic E-state index is 0.272. The summed E-state index contributed by atoms with van der Waals surface area (Å²) in [6.45, 7) is 0. The monoisotopic (exact) mass is 315 g/mol. The van der Waals surface area contributed by atoms with E-state index >= 15 is 0 Å². The quantitative estimate of drug-likeness (QED) is 0.899. The van der Waals surface area contributed by atoms with E-state index in [2.05, 4.69) is 12.1 Å². The summed E-state index contributed by atoms with van der Waals surface area (Å²) in [6.07, 6.45) is 9.48. The van der Waals surface area contributed by atoms with Gasteiger partial charge in [-0.25, -0.2) is 0 Å². The average Bonchev–Trinajstić information content (AvgIpc) is 2.53. The predicted octanol–water partition coefficient (Wildman–Crippen LogP) is 3.79. The molecule has 4 saturated carbocycles. The van der Waals surface area contributed by atoms with Gasteiger partial charge in [-0.05, 0) is 85.8 Å². The lowest BCUT2D eigenvalue weighted by atomic mass is 9.47. The van der Waals surface area contributed by atoms with E-state index in [4.69, 9.17) is 15.2 Å². The third-order valence-electron chi connectivity index (χ3n) is 6.78. The van der Waals surface area contributed by atoms with Crippen molar-refractivity contribution in [2.45, 2.75) is 51.0 Å². The van der Waals surface area contributed by atoms with E-state index in [1.807, 2.05) is 6.07 Å². The fourth-order valence-corrected chi connectivity index (χ4v) is 6.11. The molecular weight excluding hydrogens is 286 g/mol. The highest BCUT2D eigenvalue weighted by Gasteiger charge is 2.53. The summed E-state index contributed by atoms with van der Waals surface area (Å²) in [5, 5.41) is 0. The van der Waals surface area contributed by atoms with E-state index in [1.165, 1.54) is 44.1 Å². The van der Waals surface area contributed by atoms with Gasteiger partial charge < -0.3 is 15.2 Å². The molecule has 0 saturated heterocycles. The molecule has 0 amide bonds. The van der Waals surface area contributed by atoms with Crippen LogP contribution in [0.1, 0.15) is 44.1 Å². The normalized spacial score (nSPS) is 36.0. The molecule has 0 heterocycles. The lowest BCUT2D eigenvalue weighted by Gasteiger charge is -2.59. The number of methoxy groups -OCH3 is 2. The molecule has 4 aliphatic carbocycles. The summed E-state index contributed by atoms with van der Waals surface area (Å²) >= 11 is 0. The van der Waals surface area contributed by atoms with Crippen molar-refractivity contribution < 1.29 is 9.47 Å². The maximum absolute atomic E-state index is 6.79. The smallest absolute Gasteiger partial charge is 0.160 e. The molecule has 1 aromatic carbocycles. The van der Waals surface area contributed by atoms with E-state index in [1.54, 1.807) is 14.2 Å². The molecule has 4 aliphatic rings. The molecule has 4 bridgehead atoms. The van der Waals surface area contributed by atoms with Gasteiger partial charge in [-0.1, -0.05) is 6.07 Å². The minimum absolute atomic E-state index is 0.272. The zero-order chi connectivity index (χ0) is 16.0. The van der Waals surface area contributed by atoms with Gasteiger partial charge in [0.15, 0.2) is 11.5 Å². The van der Waals surface area contributed by atoms with Crippen LogP contribution < -0.4 is 15.2 Å². The van der Waals surface area contributed by atoms with E-state index in [0.29, 0.717) is 5.41 Å². The second-order valence-corrected chi connectivity index (χ2v) is 8.28. The fourth-order valence-electron chi connectivity index (χ4n) is 6.11. The lowest BCUT2D eigenvalue weighted by molar-refractivity contribution is -0.0667. The van der Waals surface area contributed by atoms with Crippen molar-refractivity contribution in [1.82, 2.24) is 0 Å². The van der Waals surface area contributed by atoms with E-state index in [9.17, 15) is 0 Å². The van der Waals surface area contributed by atoms with Gasteiger partial charge in [0.25, 0.3) is 0 Å². The molecule has 2 N–H and O–H groups in total. The molecule has 0 aromatic heterocycles. The highest BCUT2D eigenvalue weighted by atomic mass is 16.5. The Balaban J connectivity index is 1.53. The molecule has 1 atom stereocenters. The zero-order valence-electron chi connectivity index (χ0n) is 14.4. The van der Waals surface area contributed by atoms with E-state index in [-0.39, 0.29) is 6.04 Å². The van der Waals surface area contributed by atoms with Gasteiger partial charge in [0, 0.05) is 6.04 Å². The summed E-state index contributed by atoms with van der Waals surface area (Å²) < 4.78 is 10.8. The van der Waals surface area contributed by atoms with Gasteiger partial charge in [-0.2, -0.15) is 0 Å². The Bertz CT molecular complexity index is 548. The average molecular weight is 315 g/mol. The second kappa shape index (κ2) is 5.70. The van der Waals surface area contributed by atoms with Crippen LogP contribution >= 0.6 is 0 Å². The Kier molecular flexibility index (Phi) is 3.79. The van der Waals surface area contributed by atoms with Crippen molar-refractivity contribution in [1.29, 1.82) is 0 Å². The largest absolute Gasteiger partial charge is 0.493 e. The van der Waals surface area contributed by atoms with Crippen LogP contribution in [-0.2, 0) is 6.42 Å². The van der Waals surface area contributed by atoms with E-state index in [0.717, 1.165) is 35.7 Å². The maximum atomic E-state index is 6.79. The molecule has 4 fully saturated rings. The van der Waals surface area contributed by atoms with Crippen molar-refractivity contribution >= 4 is 0 Å². The molecule has 3 heteroatoms. The molecule has 23 heavy (non-hydrogen) atoms. The first-order valence-electron chi connectivity index (χ1n) is 9.08. The van der Waals surface area contributed by atoms with Crippen LogP contribution in [0.2, 0.25) is 0 Å². The van der Waals surface area contributed by atoms with Gasteiger partial charge in [-0.15, -0.1) is 0 Å². The number of benzene rings is 1. The SMILES string of the molecule is COc1ccc(CC(N)C23CC4CC(CC(C4)C2)C3)cc1OC. The summed E-state index contributed by atoms with van der Waals surface area (Å²) in [6, 6.07) is 6.51. The molecule has 0 aliphatic heterocycles. The molecule has 5 rings (SSSR count). The Hall–Kier alpha value is -1.22.